The zero-order valence-corrected chi connectivity index (χ0v) is 14.3. The van der Waals surface area contributed by atoms with Crippen molar-refractivity contribution in [3.05, 3.63) is 59.1 Å². The number of rotatable bonds is 6. The molecule has 24 heavy (non-hydrogen) atoms. The van der Waals surface area contributed by atoms with Gasteiger partial charge in [-0.3, -0.25) is 9.59 Å². The van der Waals surface area contributed by atoms with Crippen LogP contribution in [-0.2, 0) is 14.3 Å². The topological polar surface area (TPSA) is 67.4 Å². The maximum atomic E-state index is 12.0. The van der Waals surface area contributed by atoms with Crippen LogP contribution in [0.1, 0.15) is 12.5 Å². The number of aryl methyl sites for hydroxylation is 1. The number of halogens is 1. The first kappa shape index (κ1) is 18.0. The van der Waals surface area contributed by atoms with E-state index in [-0.39, 0.29) is 18.4 Å². The molecule has 2 aromatic carbocycles. The van der Waals surface area contributed by atoms with Gasteiger partial charge in [0, 0.05) is 16.4 Å². The number of carbonyl (C=O) groups is 2. The molecule has 2 N–H and O–H groups in total. The maximum Gasteiger partial charge on any atom is 0.253 e. The number of carbonyl (C=O) groups excluding carboxylic acids is 2. The summed E-state index contributed by atoms with van der Waals surface area (Å²) in [4.78, 5) is 23.9. The zero-order chi connectivity index (χ0) is 17.5. The summed E-state index contributed by atoms with van der Waals surface area (Å²) >= 11 is 5.79. The van der Waals surface area contributed by atoms with Crippen LogP contribution in [0.3, 0.4) is 0 Å². The lowest BCUT2D eigenvalue weighted by Crippen LogP contribution is -2.31. The number of benzene rings is 2. The minimum Gasteiger partial charge on any atom is -0.359 e. The van der Waals surface area contributed by atoms with E-state index in [1.54, 1.807) is 37.3 Å². The van der Waals surface area contributed by atoms with Crippen molar-refractivity contribution in [3.63, 3.8) is 0 Å². The summed E-state index contributed by atoms with van der Waals surface area (Å²) in [6.45, 7) is 3.32. The van der Waals surface area contributed by atoms with Gasteiger partial charge in [0.05, 0.1) is 0 Å². The van der Waals surface area contributed by atoms with E-state index in [0.29, 0.717) is 16.4 Å². The second-order valence-electron chi connectivity index (χ2n) is 5.37. The van der Waals surface area contributed by atoms with E-state index in [2.05, 4.69) is 10.6 Å². The standard InChI is InChI=1S/C18H19ClN2O3/c1-12-4-3-5-16(10-12)20-17(22)11-24-13(2)18(23)21-15-8-6-14(19)7-9-15/h3-10,13H,11H2,1-2H3,(H,20,22)(H,21,23). The molecule has 126 valence electrons. The van der Waals surface area contributed by atoms with Gasteiger partial charge in [0.2, 0.25) is 5.91 Å². The van der Waals surface area contributed by atoms with Gasteiger partial charge in [0.1, 0.15) is 12.7 Å². The largest absolute Gasteiger partial charge is 0.359 e. The van der Waals surface area contributed by atoms with Crippen LogP contribution in [0.5, 0.6) is 0 Å². The smallest absolute Gasteiger partial charge is 0.253 e. The molecule has 2 aromatic rings. The monoisotopic (exact) mass is 346 g/mol. The third-order valence-electron chi connectivity index (χ3n) is 3.25. The number of hydrogen-bond donors (Lipinski definition) is 2. The van der Waals surface area contributed by atoms with Crippen molar-refractivity contribution in [2.45, 2.75) is 20.0 Å². The third kappa shape index (κ3) is 5.68. The normalized spacial score (nSPS) is 11.6. The molecule has 5 nitrogen and oxygen atoms in total. The summed E-state index contributed by atoms with van der Waals surface area (Å²) in [5.41, 5.74) is 2.36. The van der Waals surface area contributed by atoms with Crippen LogP contribution in [0.15, 0.2) is 48.5 Å². The van der Waals surface area contributed by atoms with Crippen LogP contribution in [0.4, 0.5) is 11.4 Å². The molecule has 0 spiro atoms. The quantitative estimate of drug-likeness (QED) is 0.839. The van der Waals surface area contributed by atoms with Gasteiger partial charge in [0.15, 0.2) is 0 Å². The zero-order valence-electron chi connectivity index (χ0n) is 13.5. The van der Waals surface area contributed by atoms with Gasteiger partial charge >= 0.3 is 0 Å². The lowest BCUT2D eigenvalue weighted by atomic mass is 10.2. The second-order valence-corrected chi connectivity index (χ2v) is 5.80. The molecule has 0 aliphatic heterocycles. The van der Waals surface area contributed by atoms with Crippen molar-refractivity contribution >= 4 is 34.8 Å². The minimum absolute atomic E-state index is 0.205. The molecule has 0 aliphatic rings. The maximum absolute atomic E-state index is 12.0. The van der Waals surface area contributed by atoms with Gasteiger partial charge in [-0.15, -0.1) is 0 Å². The Kier molecular flexibility index (Phi) is 6.35. The Labute approximate surface area is 146 Å². The highest BCUT2D eigenvalue weighted by molar-refractivity contribution is 6.30. The van der Waals surface area contributed by atoms with Crippen LogP contribution in [-0.4, -0.2) is 24.5 Å². The van der Waals surface area contributed by atoms with Crippen molar-refractivity contribution in [2.75, 3.05) is 17.2 Å². The van der Waals surface area contributed by atoms with E-state index in [1.807, 2.05) is 25.1 Å². The SMILES string of the molecule is Cc1cccc(NC(=O)COC(C)C(=O)Nc2ccc(Cl)cc2)c1. The second kappa shape index (κ2) is 8.47. The molecule has 1 unspecified atom stereocenters. The highest BCUT2D eigenvalue weighted by Gasteiger charge is 2.15. The van der Waals surface area contributed by atoms with E-state index in [9.17, 15) is 9.59 Å². The molecule has 2 rings (SSSR count). The summed E-state index contributed by atoms with van der Waals surface area (Å²) in [6, 6.07) is 14.2. The number of anilines is 2. The van der Waals surface area contributed by atoms with Gasteiger partial charge in [-0.2, -0.15) is 0 Å². The fourth-order valence-electron chi connectivity index (χ4n) is 1.97. The molecule has 0 saturated carbocycles. The van der Waals surface area contributed by atoms with E-state index in [4.69, 9.17) is 16.3 Å². The molecular formula is C18H19ClN2O3. The average molecular weight is 347 g/mol. The predicted octanol–water partition coefficient (Wildman–Crippen LogP) is 3.63. The third-order valence-corrected chi connectivity index (χ3v) is 3.50. The Bertz CT molecular complexity index is 716. The first-order valence-electron chi connectivity index (χ1n) is 7.48. The van der Waals surface area contributed by atoms with Gasteiger partial charge in [-0.05, 0) is 55.8 Å². The molecule has 0 bridgehead atoms. The highest BCUT2D eigenvalue weighted by Crippen LogP contribution is 2.14. The lowest BCUT2D eigenvalue weighted by Gasteiger charge is -2.13. The summed E-state index contributed by atoms with van der Waals surface area (Å²) in [5, 5.41) is 6.01. The molecule has 6 heteroatoms. The number of amides is 2. The van der Waals surface area contributed by atoms with Gasteiger partial charge in [-0.25, -0.2) is 0 Å². The minimum atomic E-state index is -0.760. The molecule has 2 amide bonds. The van der Waals surface area contributed by atoms with Crippen LogP contribution in [0, 0.1) is 6.92 Å². The summed E-state index contributed by atoms with van der Waals surface area (Å²) < 4.78 is 5.31. The fourth-order valence-corrected chi connectivity index (χ4v) is 2.10. The molecule has 0 radical (unpaired) electrons. The molecule has 0 saturated heterocycles. The molecular weight excluding hydrogens is 328 g/mol. The van der Waals surface area contributed by atoms with Gasteiger partial charge in [-0.1, -0.05) is 23.7 Å². The van der Waals surface area contributed by atoms with Crippen molar-refractivity contribution in [1.82, 2.24) is 0 Å². The van der Waals surface area contributed by atoms with Gasteiger partial charge < -0.3 is 15.4 Å². The summed E-state index contributed by atoms with van der Waals surface area (Å²) in [6.07, 6.45) is -0.760. The average Bonchev–Trinajstić information content (AvgIpc) is 2.54. The predicted molar refractivity (Wildman–Crippen MR) is 95.3 cm³/mol. The number of hydrogen-bond acceptors (Lipinski definition) is 3. The van der Waals surface area contributed by atoms with Crippen LogP contribution in [0.2, 0.25) is 5.02 Å². The highest BCUT2D eigenvalue weighted by atomic mass is 35.5. The summed E-state index contributed by atoms with van der Waals surface area (Å²) in [7, 11) is 0. The fraction of sp³-hybridized carbons (Fsp3) is 0.222. The molecule has 0 aromatic heterocycles. The van der Waals surface area contributed by atoms with Crippen LogP contribution >= 0.6 is 11.6 Å². The lowest BCUT2D eigenvalue weighted by molar-refractivity contribution is -0.131. The molecule has 1 atom stereocenters. The van der Waals surface area contributed by atoms with E-state index >= 15 is 0 Å². The Morgan fingerprint density at radius 3 is 2.46 bits per heavy atom. The van der Waals surface area contributed by atoms with Crippen LogP contribution < -0.4 is 10.6 Å². The summed E-state index contributed by atoms with van der Waals surface area (Å²) in [5.74, 6) is -0.646. The Hall–Kier alpha value is -2.37. The van der Waals surface area contributed by atoms with E-state index < -0.39 is 6.10 Å². The molecule has 0 heterocycles. The Balaban J connectivity index is 1.79. The van der Waals surface area contributed by atoms with Crippen LogP contribution in [0.25, 0.3) is 0 Å². The van der Waals surface area contributed by atoms with Crippen molar-refractivity contribution in [2.24, 2.45) is 0 Å². The Morgan fingerprint density at radius 2 is 1.79 bits per heavy atom. The molecule has 0 aliphatic carbocycles. The van der Waals surface area contributed by atoms with Gasteiger partial charge in [0.25, 0.3) is 5.91 Å². The Morgan fingerprint density at radius 1 is 1.08 bits per heavy atom. The van der Waals surface area contributed by atoms with Crippen molar-refractivity contribution in [3.8, 4) is 0 Å². The number of nitrogens with one attached hydrogen (secondary N) is 2. The van der Waals surface area contributed by atoms with E-state index in [0.717, 1.165) is 5.56 Å². The molecule has 0 fully saturated rings. The first-order chi connectivity index (χ1) is 11.4. The first-order valence-corrected chi connectivity index (χ1v) is 7.86. The van der Waals surface area contributed by atoms with Crippen molar-refractivity contribution in [1.29, 1.82) is 0 Å². The van der Waals surface area contributed by atoms with Crippen molar-refractivity contribution < 1.29 is 14.3 Å². The van der Waals surface area contributed by atoms with E-state index in [1.165, 1.54) is 0 Å². The number of ether oxygens (including phenoxy) is 1.